The lowest BCUT2D eigenvalue weighted by molar-refractivity contribution is -0.141. The molecule has 36 heavy (non-hydrogen) atoms. The summed E-state index contributed by atoms with van der Waals surface area (Å²) in [6.45, 7) is 4.65. The summed E-state index contributed by atoms with van der Waals surface area (Å²) >= 11 is 12.7. The van der Waals surface area contributed by atoms with Crippen LogP contribution in [0.5, 0.6) is 0 Å². The van der Waals surface area contributed by atoms with Gasteiger partial charge in [0.25, 0.3) is 0 Å². The number of nitrogens with zero attached hydrogens (tertiary/aromatic N) is 2. The number of hydrogen-bond acceptors (Lipinski definition) is 4. The van der Waals surface area contributed by atoms with Crippen LogP contribution in [0, 0.1) is 0 Å². The first-order valence-electron chi connectivity index (χ1n) is 12.1. The third-order valence-corrected chi connectivity index (χ3v) is 8.50. The number of hydrogen-bond donors (Lipinski definition) is 1. The average Bonchev–Trinajstić information content (AvgIpc) is 2.86. The Kier molecular flexibility index (Phi) is 12.2. The van der Waals surface area contributed by atoms with Crippen molar-refractivity contribution in [3.8, 4) is 0 Å². The van der Waals surface area contributed by atoms with Crippen molar-refractivity contribution < 1.29 is 18.0 Å². The van der Waals surface area contributed by atoms with E-state index < -0.39 is 16.1 Å². The van der Waals surface area contributed by atoms with Crippen LogP contribution in [0.3, 0.4) is 0 Å². The van der Waals surface area contributed by atoms with E-state index in [9.17, 15) is 18.0 Å². The van der Waals surface area contributed by atoms with Crippen LogP contribution >= 0.6 is 23.2 Å². The minimum Gasteiger partial charge on any atom is -0.354 e. The number of halogens is 2. The number of carbonyl (C=O) groups excluding carboxylic acids is 2. The lowest BCUT2D eigenvalue weighted by Crippen LogP contribution is -2.49. The van der Waals surface area contributed by atoms with E-state index >= 15 is 0 Å². The first kappa shape index (κ1) is 30.1. The van der Waals surface area contributed by atoms with Crippen LogP contribution in [-0.4, -0.2) is 55.6 Å². The molecule has 0 aliphatic heterocycles. The zero-order valence-electron chi connectivity index (χ0n) is 21.0. The fourth-order valence-electron chi connectivity index (χ4n) is 3.77. The van der Waals surface area contributed by atoms with Crippen molar-refractivity contribution in [2.75, 3.05) is 20.1 Å². The molecule has 1 N–H and O–H groups in total. The molecule has 0 aromatic heterocycles. The molecule has 0 saturated heterocycles. The van der Waals surface area contributed by atoms with Crippen molar-refractivity contribution >= 4 is 45.0 Å². The van der Waals surface area contributed by atoms with Crippen LogP contribution in [0.4, 0.5) is 0 Å². The number of sulfonamides is 1. The van der Waals surface area contributed by atoms with Gasteiger partial charge < -0.3 is 10.2 Å². The van der Waals surface area contributed by atoms with Gasteiger partial charge in [-0.15, -0.1) is 0 Å². The first-order chi connectivity index (χ1) is 17.1. The Morgan fingerprint density at radius 1 is 0.972 bits per heavy atom. The van der Waals surface area contributed by atoms with Gasteiger partial charge in [0.15, 0.2) is 0 Å². The lowest BCUT2D eigenvalue weighted by atomic mass is 10.1. The Morgan fingerprint density at radius 2 is 1.61 bits per heavy atom. The molecule has 2 amide bonds. The molecule has 2 aromatic rings. The van der Waals surface area contributed by atoms with Crippen molar-refractivity contribution in [3.05, 3.63) is 64.1 Å². The molecule has 0 bridgehead atoms. The van der Waals surface area contributed by atoms with Crippen LogP contribution in [0.15, 0.2) is 53.4 Å². The molecule has 10 heteroatoms. The predicted octanol–water partition coefficient (Wildman–Crippen LogP) is 5.12. The molecule has 0 aliphatic carbocycles. The monoisotopic (exact) mass is 555 g/mol. The van der Waals surface area contributed by atoms with Crippen molar-refractivity contribution in [1.29, 1.82) is 0 Å². The molecule has 198 valence electrons. The van der Waals surface area contributed by atoms with Crippen LogP contribution in [0.1, 0.15) is 51.5 Å². The molecule has 0 saturated carbocycles. The van der Waals surface area contributed by atoms with Gasteiger partial charge in [0.1, 0.15) is 6.04 Å². The summed E-state index contributed by atoms with van der Waals surface area (Å²) in [6.07, 6.45) is 2.55. The second kappa shape index (κ2) is 14.6. The van der Waals surface area contributed by atoms with Gasteiger partial charge in [0.2, 0.25) is 21.8 Å². The zero-order valence-corrected chi connectivity index (χ0v) is 23.4. The van der Waals surface area contributed by atoms with E-state index in [1.54, 1.807) is 36.4 Å². The van der Waals surface area contributed by atoms with Crippen LogP contribution in [-0.2, 0) is 26.2 Å². The van der Waals surface area contributed by atoms with E-state index in [0.717, 1.165) is 12.8 Å². The molecule has 2 rings (SSSR count). The van der Waals surface area contributed by atoms with E-state index in [4.69, 9.17) is 23.2 Å². The highest BCUT2D eigenvalue weighted by molar-refractivity contribution is 7.89. The zero-order chi connectivity index (χ0) is 26.7. The highest BCUT2D eigenvalue weighted by Crippen LogP contribution is 2.27. The molecule has 0 aliphatic rings. The first-order valence-corrected chi connectivity index (χ1v) is 14.3. The number of unbranched alkanes of at least 4 members (excludes halogenated alkanes) is 1. The van der Waals surface area contributed by atoms with Gasteiger partial charge in [0.05, 0.1) is 4.90 Å². The van der Waals surface area contributed by atoms with Gasteiger partial charge in [-0.05, 0) is 43.5 Å². The van der Waals surface area contributed by atoms with E-state index in [-0.39, 0.29) is 36.2 Å². The molecular weight excluding hydrogens is 521 g/mol. The Balaban J connectivity index is 2.17. The average molecular weight is 557 g/mol. The van der Waals surface area contributed by atoms with E-state index in [1.165, 1.54) is 28.4 Å². The summed E-state index contributed by atoms with van der Waals surface area (Å²) < 4.78 is 26.8. The molecule has 0 heterocycles. The maximum Gasteiger partial charge on any atom is 0.242 e. The number of benzene rings is 2. The molecule has 1 atom stereocenters. The van der Waals surface area contributed by atoms with Crippen LogP contribution in [0.2, 0.25) is 10.0 Å². The summed E-state index contributed by atoms with van der Waals surface area (Å²) in [4.78, 5) is 28.1. The van der Waals surface area contributed by atoms with Gasteiger partial charge in [-0.25, -0.2) is 12.7 Å². The standard InChI is InChI=1S/C26H35Cl2N3O4S/c1-4-6-17-29-26(33)24(5-2)31(19-21-22(27)14-10-15-23(21)28)25(32)16-11-18-30(3)36(34,35)20-12-8-7-9-13-20/h7-10,12-15,24H,4-6,11,16-19H2,1-3H3,(H,29,33)/t24-/m0/s1. The van der Waals surface area contributed by atoms with E-state index in [0.29, 0.717) is 35.0 Å². The Morgan fingerprint density at radius 3 is 2.19 bits per heavy atom. The summed E-state index contributed by atoms with van der Waals surface area (Å²) in [7, 11) is -2.16. The normalized spacial score (nSPS) is 12.4. The SMILES string of the molecule is CCCCNC(=O)[C@H](CC)N(Cc1c(Cl)cccc1Cl)C(=O)CCCN(C)S(=O)(=O)c1ccccc1. The van der Waals surface area contributed by atoms with Gasteiger partial charge in [-0.3, -0.25) is 9.59 Å². The molecule has 0 fully saturated rings. The second-order valence-corrected chi connectivity index (χ2v) is 11.4. The van der Waals surface area contributed by atoms with Crippen molar-refractivity contribution in [1.82, 2.24) is 14.5 Å². The van der Waals surface area contributed by atoms with Gasteiger partial charge in [0, 0.05) is 48.7 Å². The maximum atomic E-state index is 13.4. The minimum atomic E-state index is -3.65. The Labute approximate surface area is 224 Å². The number of nitrogens with one attached hydrogen (secondary N) is 1. The summed E-state index contributed by atoms with van der Waals surface area (Å²) in [5.74, 6) is -0.500. The molecule has 0 spiro atoms. The number of amides is 2. The maximum absolute atomic E-state index is 13.4. The van der Waals surface area contributed by atoms with Crippen LogP contribution in [0.25, 0.3) is 0 Å². The fraction of sp³-hybridized carbons (Fsp3) is 0.462. The van der Waals surface area contributed by atoms with Gasteiger partial charge in [-0.2, -0.15) is 0 Å². The Bertz CT molecular complexity index is 1090. The highest BCUT2D eigenvalue weighted by Gasteiger charge is 2.29. The summed E-state index contributed by atoms with van der Waals surface area (Å²) in [5.41, 5.74) is 0.567. The molecule has 2 aromatic carbocycles. The molecule has 0 unspecified atom stereocenters. The molecular formula is C26H35Cl2N3O4S. The van der Waals surface area contributed by atoms with E-state index in [2.05, 4.69) is 5.32 Å². The second-order valence-electron chi connectivity index (χ2n) is 8.53. The molecule has 7 nitrogen and oxygen atoms in total. The Hall–Kier alpha value is -2.13. The summed E-state index contributed by atoms with van der Waals surface area (Å²) in [5, 5.41) is 3.74. The number of carbonyl (C=O) groups is 2. The van der Waals surface area contributed by atoms with Gasteiger partial charge >= 0.3 is 0 Å². The fourth-order valence-corrected chi connectivity index (χ4v) is 5.52. The van der Waals surface area contributed by atoms with Crippen molar-refractivity contribution in [2.45, 2.75) is 63.4 Å². The predicted molar refractivity (Wildman–Crippen MR) is 145 cm³/mol. The third-order valence-electron chi connectivity index (χ3n) is 5.92. The van der Waals surface area contributed by atoms with Crippen molar-refractivity contribution in [2.24, 2.45) is 0 Å². The van der Waals surface area contributed by atoms with Gasteiger partial charge in [-0.1, -0.05) is 67.7 Å². The summed E-state index contributed by atoms with van der Waals surface area (Å²) in [6, 6.07) is 12.6. The quantitative estimate of drug-likeness (QED) is 0.328. The number of rotatable bonds is 14. The van der Waals surface area contributed by atoms with Crippen molar-refractivity contribution in [3.63, 3.8) is 0 Å². The van der Waals surface area contributed by atoms with Crippen LogP contribution < -0.4 is 5.32 Å². The molecule has 0 radical (unpaired) electrons. The lowest BCUT2D eigenvalue weighted by Gasteiger charge is -2.31. The highest BCUT2D eigenvalue weighted by atomic mass is 35.5. The minimum absolute atomic E-state index is 0.0649. The third kappa shape index (κ3) is 8.20. The topological polar surface area (TPSA) is 86.8 Å². The smallest absolute Gasteiger partial charge is 0.242 e. The van der Waals surface area contributed by atoms with E-state index in [1.807, 2.05) is 13.8 Å². The largest absolute Gasteiger partial charge is 0.354 e.